The van der Waals surface area contributed by atoms with E-state index in [-0.39, 0.29) is 42.1 Å². The molecule has 1 aliphatic heterocycles. The average Bonchev–Trinajstić information content (AvgIpc) is 3.53. The lowest BCUT2D eigenvalue weighted by Gasteiger charge is -2.24. The van der Waals surface area contributed by atoms with Crippen molar-refractivity contribution in [3.8, 4) is 27.3 Å². The second kappa shape index (κ2) is 17.2. The number of ether oxygens (including phenoxy) is 4. The van der Waals surface area contributed by atoms with Gasteiger partial charge in [0.15, 0.2) is 5.69 Å². The van der Waals surface area contributed by atoms with Crippen molar-refractivity contribution in [1.29, 1.82) is 0 Å². The minimum absolute atomic E-state index is 0.0736. The third-order valence-corrected chi connectivity index (χ3v) is 9.26. The number of anilines is 1. The summed E-state index contributed by atoms with van der Waals surface area (Å²) >= 11 is 1.54. The van der Waals surface area contributed by atoms with Crippen LogP contribution in [0.4, 0.5) is 15.3 Å². The Bertz CT molecular complexity index is 2120. The van der Waals surface area contributed by atoms with Gasteiger partial charge in [-0.25, -0.2) is 19.4 Å². The van der Waals surface area contributed by atoms with Crippen molar-refractivity contribution in [3.63, 3.8) is 0 Å². The van der Waals surface area contributed by atoms with Gasteiger partial charge in [-0.2, -0.15) is 0 Å². The molecule has 0 radical (unpaired) electrons. The summed E-state index contributed by atoms with van der Waals surface area (Å²) in [7, 11) is 2.76. The van der Waals surface area contributed by atoms with Gasteiger partial charge in [-0.15, -0.1) is 11.3 Å². The molecule has 4 aromatic rings. The van der Waals surface area contributed by atoms with Gasteiger partial charge in [0.1, 0.15) is 22.6 Å². The zero-order valence-corrected chi connectivity index (χ0v) is 33.6. The van der Waals surface area contributed by atoms with E-state index in [2.05, 4.69) is 20.9 Å². The highest BCUT2D eigenvalue weighted by atomic mass is 32.1. The first kappa shape index (κ1) is 41.2. The summed E-state index contributed by atoms with van der Waals surface area (Å²) in [4.78, 5) is 71.9. The number of thiophene rings is 1. The van der Waals surface area contributed by atoms with Crippen LogP contribution in [0.2, 0.25) is 0 Å². The summed E-state index contributed by atoms with van der Waals surface area (Å²) in [6.07, 6.45) is -0.404. The van der Waals surface area contributed by atoms with Gasteiger partial charge < -0.3 is 39.8 Å². The molecule has 3 N–H and O–H groups in total. The van der Waals surface area contributed by atoms with Crippen LogP contribution in [0.1, 0.15) is 84.0 Å². The zero-order chi connectivity index (χ0) is 40.8. The Balaban J connectivity index is 1.44. The van der Waals surface area contributed by atoms with Gasteiger partial charge in [-0.1, -0.05) is 12.1 Å². The van der Waals surface area contributed by atoms with E-state index in [0.717, 1.165) is 21.6 Å². The van der Waals surface area contributed by atoms with Crippen LogP contribution in [0.5, 0.6) is 5.75 Å². The fraction of sp³-hybridized carbons (Fsp3) is 0.366. The molecular formula is C41H47N5O9S. The van der Waals surface area contributed by atoms with E-state index in [0.29, 0.717) is 30.0 Å². The molecule has 5 rings (SSSR count). The van der Waals surface area contributed by atoms with Crippen molar-refractivity contribution >= 4 is 47.0 Å². The van der Waals surface area contributed by atoms with Crippen LogP contribution in [0, 0.1) is 0 Å². The number of nitrogens with one attached hydrogen (secondary N) is 3. The molecule has 1 aliphatic rings. The highest BCUT2D eigenvalue weighted by Gasteiger charge is 2.27. The number of hydrogen-bond donors (Lipinski definition) is 3. The van der Waals surface area contributed by atoms with Crippen LogP contribution in [0.15, 0.2) is 60.0 Å². The maximum atomic E-state index is 14.2. The highest BCUT2D eigenvalue weighted by molar-refractivity contribution is 7.13. The number of aromatic nitrogens is 1. The fourth-order valence-electron chi connectivity index (χ4n) is 5.63. The minimum Gasteiger partial charge on any atom is -0.493 e. The Morgan fingerprint density at radius 3 is 2.25 bits per heavy atom. The van der Waals surface area contributed by atoms with Crippen molar-refractivity contribution in [2.24, 2.45) is 0 Å². The van der Waals surface area contributed by atoms with Gasteiger partial charge in [0, 0.05) is 65.9 Å². The maximum Gasteiger partial charge on any atom is 0.410 e. The van der Waals surface area contributed by atoms with Crippen molar-refractivity contribution in [2.45, 2.75) is 65.7 Å². The molecule has 0 saturated carbocycles. The molecule has 0 aliphatic carbocycles. The number of nitrogens with zero attached hydrogens (tertiary/aromatic N) is 2. The quantitative estimate of drug-likeness (QED) is 0.111. The SMILES string of the molecule is COC(=O)c1nc(C(=O)NCCN(C)C(=O)OC(C)(C)C)ccc1-c1cc2c(cc1C(=O)Nc1ccc(CNC(=O)OC(C)(C)C)cc1)-c1sccc1CCO2. The molecule has 56 heavy (non-hydrogen) atoms. The number of esters is 1. The van der Waals surface area contributed by atoms with E-state index in [1.54, 1.807) is 91.1 Å². The minimum atomic E-state index is -0.822. The van der Waals surface area contributed by atoms with E-state index in [1.807, 2.05) is 11.4 Å². The number of amides is 4. The normalized spacial score (nSPS) is 12.1. The van der Waals surface area contributed by atoms with Gasteiger partial charge in [0.05, 0.1) is 13.7 Å². The summed E-state index contributed by atoms with van der Waals surface area (Å²) in [5, 5.41) is 10.4. The van der Waals surface area contributed by atoms with Gasteiger partial charge in [-0.05, 0) is 101 Å². The number of carbonyl (C=O) groups is 5. The zero-order valence-electron chi connectivity index (χ0n) is 32.8. The van der Waals surface area contributed by atoms with Crippen molar-refractivity contribution in [1.82, 2.24) is 20.5 Å². The Morgan fingerprint density at radius 1 is 0.857 bits per heavy atom. The van der Waals surface area contributed by atoms with Crippen LogP contribution in [-0.4, -0.2) is 84.9 Å². The van der Waals surface area contributed by atoms with Gasteiger partial charge in [-0.3, -0.25) is 9.59 Å². The predicted molar refractivity (Wildman–Crippen MR) is 212 cm³/mol. The number of fused-ring (bicyclic) bond motifs is 3. The number of benzene rings is 2. The maximum absolute atomic E-state index is 14.2. The van der Waals surface area contributed by atoms with Gasteiger partial charge in [0.2, 0.25) is 0 Å². The topological polar surface area (TPSA) is 174 Å². The molecule has 14 nitrogen and oxygen atoms in total. The monoisotopic (exact) mass is 785 g/mol. The summed E-state index contributed by atoms with van der Waals surface area (Å²) in [6.45, 7) is 11.5. The average molecular weight is 786 g/mol. The molecule has 2 aromatic carbocycles. The highest BCUT2D eigenvalue weighted by Crippen LogP contribution is 2.43. The number of pyridine rings is 1. The molecule has 2 aromatic heterocycles. The summed E-state index contributed by atoms with van der Waals surface area (Å²) < 4.78 is 21.9. The molecule has 0 fully saturated rings. The Kier molecular flexibility index (Phi) is 12.7. The first-order chi connectivity index (χ1) is 26.4. The van der Waals surface area contributed by atoms with E-state index in [9.17, 15) is 24.0 Å². The summed E-state index contributed by atoms with van der Waals surface area (Å²) in [5.41, 5.74) is 2.33. The molecule has 0 bridgehead atoms. The standard InChI is InChI=1S/C41H47N5O9S/c1-40(2,3)54-38(50)43-23-24-9-11-26(12-10-24)44-35(47)29-21-30-32(53-19-15-25-16-20-56-34(25)30)22-28(29)27-13-14-31(45-33(27)37(49)52-8)36(48)42-17-18-46(7)39(51)55-41(4,5)6/h9-14,16,20-22H,15,17-19,23H2,1-8H3,(H,42,48)(H,43,50)(H,44,47). The molecule has 15 heteroatoms. The van der Waals surface area contributed by atoms with E-state index < -0.39 is 41.2 Å². The number of hydrogen-bond acceptors (Lipinski definition) is 11. The van der Waals surface area contributed by atoms with Crippen LogP contribution in [0.3, 0.4) is 0 Å². The number of likely N-dealkylation sites (N-methyl/N-ethyl adjacent to an activating group) is 1. The first-order valence-electron chi connectivity index (χ1n) is 18.0. The second-order valence-corrected chi connectivity index (χ2v) is 15.9. The van der Waals surface area contributed by atoms with Crippen LogP contribution in [-0.2, 0) is 27.2 Å². The van der Waals surface area contributed by atoms with Crippen molar-refractivity contribution < 1.29 is 42.9 Å². The molecule has 0 atom stereocenters. The molecular weight excluding hydrogens is 739 g/mol. The van der Waals surface area contributed by atoms with Gasteiger partial charge in [0.25, 0.3) is 11.8 Å². The number of rotatable bonds is 10. The van der Waals surface area contributed by atoms with Crippen LogP contribution < -0.4 is 20.7 Å². The van der Waals surface area contributed by atoms with Gasteiger partial charge >= 0.3 is 18.2 Å². The van der Waals surface area contributed by atoms with E-state index in [4.69, 9.17) is 18.9 Å². The van der Waals surface area contributed by atoms with Crippen LogP contribution >= 0.6 is 11.3 Å². The largest absolute Gasteiger partial charge is 0.493 e. The third kappa shape index (κ3) is 10.6. The number of alkyl carbamates (subject to hydrolysis) is 1. The van der Waals surface area contributed by atoms with E-state index >= 15 is 0 Å². The third-order valence-electron chi connectivity index (χ3n) is 8.27. The fourth-order valence-corrected chi connectivity index (χ4v) is 6.61. The summed E-state index contributed by atoms with van der Waals surface area (Å²) in [5.74, 6) is -1.36. The molecule has 0 spiro atoms. The number of carbonyl (C=O) groups excluding carboxylic acids is 5. The second-order valence-electron chi connectivity index (χ2n) is 15.0. The molecule has 0 unspecified atom stereocenters. The van der Waals surface area contributed by atoms with Crippen molar-refractivity contribution in [3.05, 3.63) is 88.1 Å². The Morgan fingerprint density at radius 2 is 1.57 bits per heavy atom. The smallest absolute Gasteiger partial charge is 0.410 e. The lowest BCUT2D eigenvalue weighted by atomic mass is 9.93. The van der Waals surface area contributed by atoms with Crippen LogP contribution in [0.25, 0.3) is 21.6 Å². The molecule has 0 saturated heterocycles. The van der Waals surface area contributed by atoms with Crippen molar-refractivity contribution in [2.75, 3.05) is 39.2 Å². The predicted octanol–water partition coefficient (Wildman–Crippen LogP) is 7.07. The first-order valence-corrected chi connectivity index (χ1v) is 18.9. The Labute approximate surface area is 329 Å². The molecule has 4 amide bonds. The molecule has 296 valence electrons. The van der Waals surface area contributed by atoms with E-state index in [1.165, 1.54) is 29.4 Å². The molecule has 3 heterocycles. The Hall–Kier alpha value is -5.96. The lowest BCUT2D eigenvalue weighted by Crippen LogP contribution is -2.39. The lowest BCUT2D eigenvalue weighted by molar-refractivity contribution is 0.0298. The number of methoxy groups -OCH3 is 1. The summed E-state index contributed by atoms with van der Waals surface area (Å²) in [6, 6.07) is 15.4.